The van der Waals surface area contributed by atoms with Gasteiger partial charge in [-0.3, -0.25) is 0 Å². The summed E-state index contributed by atoms with van der Waals surface area (Å²) in [6.07, 6.45) is 0. The minimum absolute atomic E-state index is 0.347. The second-order valence-electron chi connectivity index (χ2n) is 5.54. The summed E-state index contributed by atoms with van der Waals surface area (Å²) in [6.45, 7) is 0. The molecule has 0 radical (unpaired) electrons. The van der Waals surface area contributed by atoms with E-state index in [1.807, 2.05) is 30.3 Å². The van der Waals surface area contributed by atoms with Gasteiger partial charge in [-0.2, -0.15) is 0 Å². The van der Waals surface area contributed by atoms with Crippen LogP contribution in [0.5, 0.6) is 5.75 Å². The van der Waals surface area contributed by atoms with Crippen molar-refractivity contribution in [2.24, 2.45) is 4.99 Å². The third-order valence-electron chi connectivity index (χ3n) is 3.94. The van der Waals surface area contributed by atoms with Gasteiger partial charge in [0.25, 0.3) is 0 Å². The fraction of sp³-hybridized carbons (Fsp3) is 0.158. The lowest BCUT2D eigenvalue weighted by Crippen LogP contribution is -2.01. The van der Waals surface area contributed by atoms with Crippen LogP contribution in [-0.2, 0) is 11.5 Å². The monoisotopic (exact) mass is 369 g/mol. The summed E-state index contributed by atoms with van der Waals surface area (Å²) in [7, 11) is 1.59. The van der Waals surface area contributed by atoms with Crippen LogP contribution >= 0.6 is 23.5 Å². The van der Waals surface area contributed by atoms with E-state index in [4.69, 9.17) is 14.1 Å². The molecule has 0 bridgehead atoms. The maximum Gasteiger partial charge on any atom is 0.336 e. The van der Waals surface area contributed by atoms with Crippen LogP contribution in [0.2, 0.25) is 0 Å². The minimum Gasteiger partial charge on any atom is -0.497 e. The van der Waals surface area contributed by atoms with Gasteiger partial charge in [-0.15, -0.1) is 0 Å². The molecule has 0 saturated carbocycles. The quantitative estimate of drug-likeness (QED) is 0.610. The Labute approximate surface area is 153 Å². The zero-order valence-electron chi connectivity index (χ0n) is 13.5. The molecular formula is C19H15NO3S2. The Kier molecular flexibility index (Phi) is 4.55. The van der Waals surface area contributed by atoms with Crippen LogP contribution in [0.3, 0.4) is 0 Å². The Morgan fingerprint density at radius 1 is 1.24 bits per heavy atom. The minimum atomic E-state index is -0.347. The first-order chi connectivity index (χ1) is 12.2. The first kappa shape index (κ1) is 16.3. The SMILES string of the molecule is COc1ccc2c(CSC3=Nc4ccccc4CS3)cc(=O)oc2c1. The molecule has 126 valence electrons. The Bertz CT molecular complexity index is 1030. The van der Waals surface area contributed by atoms with Gasteiger partial charge in [0.2, 0.25) is 0 Å². The fourth-order valence-corrected chi connectivity index (χ4v) is 4.74. The Morgan fingerprint density at radius 2 is 2.12 bits per heavy atom. The number of nitrogens with zero attached hydrogens (tertiary/aromatic N) is 1. The zero-order chi connectivity index (χ0) is 17.2. The normalized spacial score (nSPS) is 13.4. The van der Waals surface area contributed by atoms with E-state index in [9.17, 15) is 4.79 Å². The van der Waals surface area contributed by atoms with Crippen LogP contribution in [0.4, 0.5) is 5.69 Å². The molecule has 1 aliphatic heterocycles. The molecule has 0 unspecified atom stereocenters. The van der Waals surface area contributed by atoms with E-state index in [-0.39, 0.29) is 5.63 Å². The van der Waals surface area contributed by atoms with Crippen molar-refractivity contribution in [2.75, 3.05) is 7.11 Å². The highest BCUT2D eigenvalue weighted by molar-refractivity contribution is 8.38. The summed E-state index contributed by atoms with van der Waals surface area (Å²) in [6, 6.07) is 15.3. The van der Waals surface area contributed by atoms with Crippen LogP contribution in [-0.4, -0.2) is 11.5 Å². The summed E-state index contributed by atoms with van der Waals surface area (Å²) < 4.78 is 11.5. The highest BCUT2D eigenvalue weighted by Crippen LogP contribution is 2.36. The number of fused-ring (bicyclic) bond motifs is 2. The zero-order valence-corrected chi connectivity index (χ0v) is 15.2. The van der Waals surface area contributed by atoms with Gasteiger partial charge in [-0.1, -0.05) is 41.7 Å². The van der Waals surface area contributed by atoms with Crippen molar-refractivity contribution < 1.29 is 9.15 Å². The van der Waals surface area contributed by atoms with Gasteiger partial charge in [-0.05, 0) is 29.3 Å². The van der Waals surface area contributed by atoms with Crippen LogP contribution in [0.25, 0.3) is 11.0 Å². The Balaban J connectivity index is 1.61. The number of para-hydroxylation sites is 1. The molecule has 0 aliphatic carbocycles. The van der Waals surface area contributed by atoms with E-state index in [0.29, 0.717) is 17.1 Å². The van der Waals surface area contributed by atoms with Gasteiger partial charge in [0.05, 0.1) is 12.8 Å². The molecule has 0 spiro atoms. The van der Waals surface area contributed by atoms with Crippen molar-refractivity contribution in [3.63, 3.8) is 0 Å². The highest BCUT2D eigenvalue weighted by atomic mass is 32.2. The van der Waals surface area contributed by atoms with Crippen molar-refractivity contribution in [1.29, 1.82) is 0 Å². The van der Waals surface area contributed by atoms with Gasteiger partial charge in [-0.25, -0.2) is 9.79 Å². The summed E-state index contributed by atoms with van der Waals surface area (Å²) in [4.78, 5) is 16.6. The molecule has 25 heavy (non-hydrogen) atoms. The largest absolute Gasteiger partial charge is 0.497 e. The average Bonchev–Trinajstić information content (AvgIpc) is 2.65. The van der Waals surface area contributed by atoms with Crippen LogP contribution < -0.4 is 10.4 Å². The molecule has 4 rings (SSSR count). The van der Waals surface area contributed by atoms with Crippen LogP contribution in [0.1, 0.15) is 11.1 Å². The van der Waals surface area contributed by atoms with Crippen molar-refractivity contribution in [3.05, 3.63) is 70.1 Å². The van der Waals surface area contributed by atoms with E-state index in [2.05, 4.69) is 6.07 Å². The molecule has 0 fully saturated rings. The van der Waals surface area contributed by atoms with Crippen molar-refractivity contribution >= 4 is 44.6 Å². The maximum absolute atomic E-state index is 11.9. The predicted molar refractivity (Wildman–Crippen MR) is 105 cm³/mol. The number of rotatable bonds is 3. The van der Waals surface area contributed by atoms with Gasteiger partial charge >= 0.3 is 5.63 Å². The van der Waals surface area contributed by atoms with Gasteiger partial charge in [0, 0.05) is 29.0 Å². The van der Waals surface area contributed by atoms with Crippen LogP contribution in [0, 0.1) is 0 Å². The third-order valence-corrected chi connectivity index (χ3v) is 6.24. The topological polar surface area (TPSA) is 51.8 Å². The van der Waals surface area contributed by atoms with E-state index < -0.39 is 0 Å². The second kappa shape index (κ2) is 6.98. The molecule has 3 aromatic rings. The number of hydrogen-bond donors (Lipinski definition) is 0. The number of ether oxygens (including phenoxy) is 1. The number of benzene rings is 2. The van der Waals surface area contributed by atoms with Gasteiger partial charge in [0.1, 0.15) is 15.7 Å². The Morgan fingerprint density at radius 3 is 3.00 bits per heavy atom. The molecular weight excluding hydrogens is 354 g/mol. The van der Waals surface area contributed by atoms with Crippen LogP contribution in [0.15, 0.2) is 62.7 Å². The smallest absolute Gasteiger partial charge is 0.336 e. The van der Waals surface area contributed by atoms with Crippen molar-refractivity contribution in [1.82, 2.24) is 0 Å². The molecule has 1 aliphatic rings. The van der Waals surface area contributed by atoms with Gasteiger partial charge in [0.15, 0.2) is 0 Å². The molecule has 1 aromatic heterocycles. The van der Waals surface area contributed by atoms with Crippen molar-refractivity contribution in [2.45, 2.75) is 11.5 Å². The molecule has 4 nitrogen and oxygen atoms in total. The van der Waals surface area contributed by atoms with E-state index in [0.717, 1.165) is 26.8 Å². The first-order valence-electron chi connectivity index (χ1n) is 7.76. The number of thioether (sulfide) groups is 2. The lowest BCUT2D eigenvalue weighted by atomic mass is 10.1. The predicted octanol–water partition coefficient (Wildman–Crippen LogP) is 4.97. The maximum atomic E-state index is 11.9. The van der Waals surface area contributed by atoms with E-state index in [1.165, 1.54) is 5.56 Å². The molecule has 2 aromatic carbocycles. The standard InChI is InChI=1S/C19H15NO3S2/c1-22-14-6-7-15-13(8-18(21)23-17(15)9-14)11-25-19-20-16-5-3-2-4-12(16)10-24-19/h2-9H,10-11H2,1H3. The number of aliphatic imine (C=N–C) groups is 1. The Hall–Kier alpha value is -2.18. The third kappa shape index (κ3) is 3.45. The number of hydrogen-bond acceptors (Lipinski definition) is 6. The lowest BCUT2D eigenvalue weighted by molar-refractivity contribution is 0.414. The lowest BCUT2D eigenvalue weighted by Gasteiger charge is -2.14. The highest BCUT2D eigenvalue weighted by Gasteiger charge is 2.14. The fourth-order valence-electron chi connectivity index (χ4n) is 2.68. The molecule has 0 saturated heterocycles. The molecule has 6 heteroatoms. The van der Waals surface area contributed by atoms with Crippen molar-refractivity contribution in [3.8, 4) is 5.75 Å². The molecule has 0 atom stereocenters. The summed E-state index contributed by atoms with van der Waals surface area (Å²) >= 11 is 3.38. The van der Waals surface area contributed by atoms with E-state index in [1.54, 1.807) is 42.8 Å². The number of methoxy groups -OCH3 is 1. The first-order valence-corrected chi connectivity index (χ1v) is 9.73. The summed E-state index contributed by atoms with van der Waals surface area (Å²) in [5.41, 5.74) is 3.44. The average molecular weight is 369 g/mol. The summed E-state index contributed by atoms with van der Waals surface area (Å²) in [5.74, 6) is 2.27. The molecule has 2 heterocycles. The molecule has 0 amide bonds. The second-order valence-corrected chi connectivity index (χ2v) is 7.72. The van der Waals surface area contributed by atoms with Gasteiger partial charge < -0.3 is 9.15 Å². The van der Waals surface area contributed by atoms with E-state index >= 15 is 0 Å². The summed E-state index contributed by atoms with van der Waals surface area (Å²) in [5, 5.41) is 0.926. The molecule has 0 N–H and O–H groups in total.